The number of nitrogens with one attached hydrogen (secondary N) is 2. The maximum absolute atomic E-state index is 5.64. The Labute approximate surface area is 138 Å². The van der Waals surface area contributed by atoms with Crippen molar-refractivity contribution in [1.82, 2.24) is 10.6 Å². The van der Waals surface area contributed by atoms with Gasteiger partial charge in [0.1, 0.15) is 12.4 Å². The molecule has 0 aromatic heterocycles. The van der Waals surface area contributed by atoms with Crippen LogP contribution in [0.2, 0.25) is 0 Å². The first-order chi connectivity index (χ1) is 9.26. The molecule has 0 spiro atoms. The first-order valence-electron chi connectivity index (χ1n) is 6.58. The maximum Gasteiger partial charge on any atom is 0.191 e. The molecule has 0 aliphatic heterocycles. The van der Waals surface area contributed by atoms with E-state index in [1.807, 2.05) is 38.1 Å². The zero-order chi connectivity index (χ0) is 13.9. The lowest BCUT2D eigenvalue weighted by molar-refractivity contribution is 0.328. The fourth-order valence-corrected chi connectivity index (χ4v) is 1.54. The van der Waals surface area contributed by atoms with E-state index in [1.165, 1.54) is 5.56 Å². The van der Waals surface area contributed by atoms with Crippen LogP contribution in [0.4, 0.5) is 0 Å². The lowest BCUT2D eigenvalue weighted by atomic mass is 10.2. The molecule has 0 radical (unpaired) electrons. The number of guanidine groups is 1. The molecule has 0 unspecified atom stereocenters. The van der Waals surface area contributed by atoms with Gasteiger partial charge in [0, 0.05) is 13.1 Å². The number of hydrogen-bond donors (Lipinski definition) is 2. The molecule has 0 saturated carbocycles. The van der Waals surface area contributed by atoms with Crippen molar-refractivity contribution in [3.8, 4) is 5.75 Å². The van der Waals surface area contributed by atoms with Gasteiger partial charge in [-0.3, -0.25) is 0 Å². The van der Waals surface area contributed by atoms with Crippen molar-refractivity contribution in [2.75, 3.05) is 26.2 Å². The average molecular weight is 389 g/mol. The molecule has 4 nitrogen and oxygen atoms in total. The third-order valence-electron chi connectivity index (χ3n) is 2.38. The molecule has 0 aliphatic carbocycles. The van der Waals surface area contributed by atoms with Crippen LogP contribution in [0.25, 0.3) is 0 Å². The van der Waals surface area contributed by atoms with Crippen LogP contribution in [0.15, 0.2) is 41.9 Å². The van der Waals surface area contributed by atoms with Gasteiger partial charge in [0.15, 0.2) is 5.96 Å². The van der Waals surface area contributed by atoms with Crippen LogP contribution in [-0.4, -0.2) is 32.2 Å². The van der Waals surface area contributed by atoms with Gasteiger partial charge < -0.3 is 15.4 Å². The van der Waals surface area contributed by atoms with Crippen LogP contribution < -0.4 is 15.4 Å². The van der Waals surface area contributed by atoms with Crippen LogP contribution in [0.5, 0.6) is 5.75 Å². The van der Waals surface area contributed by atoms with Crippen LogP contribution in [0, 0.1) is 6.92 Å². The summed E-state index contributed by atoms with van der Waals surface area (Å²) in [5, 5.41) is 6.30. The minimum Gasteiger partial charge on any atom is -0.492 e. The van der Waals surface area contributed by atoms with Crippen molar-refractivity contribution in [2.24, 2.45) is 4.99 Å². The molecule has 20 heavy (non-hydrogen) atoms. The quantitative estimate of drug-likeness (QED) is 0.248. The predicted octanol–water partition coefficient (Wildman–Crippen LogP) is 2.73. The Hall–Kier alpha value is -1.24. The molecule has 0 bridgehead atoms. The Bertz CT molecular complexity index is 421. The van der Waals surface area contributed by atoms with E-state index in [2.05, 4.69) is 22.2 Å². The summed E-state index contributed by atoms with van der Waals surface area (Å²) in [6.45, 7) is 10.5. The van der Waals surface area contributed by atoms with Crippen molar-refractivity contribution in [2.45, 2.75) is 13.8 Å². The first kappa shape index (κ1) is 18.8. The number of hydrogen-bond acceptors (Lipinski definition) is 2. The monoisotopic (exact) mass is 389 g/mol. The fourth-order valence-electron chi connectivity index (χ4n) is 1.54. The van der Waals surface area contributed by atoms with Crippen LogP contribution in [0.3, 0.4) is 0 Å². The second-order valence-electron chi connectivity index (χ2n) is 4.10. The number of aryl methyl sites for hydroxylation is 1. The highest BCUT2D eigenvalue weighted by molar-refractivity contribution is 14.0. The molecule has 0 saturated heterocycles. The van der Waals surface area contributed by atoms with E-state index in [0.717, 1.165) is 18.3 Å². The number of nitrogens with zero attached hydrogens (tertiary/aromatic N) is 1. The highest BCUT2D eigenvalue weighted by Crippen LogP contribution is 2.11. The molecule has 1 rings (SSSR count). The van der Waals surface area contributed by atoms with Gasteiger partial charge in [-0.1, -0.05) is 18.2 Å². The summed E-state index contributed by atoms with van der Waals surface area (Å²) in [5.41, 5.74) is 1.20. The second-order valence-corrected chi connectivity index (χ2v) is 4.10. The topological polar surface area (TPSA) is 45.7 Å². The van der Waals surface area contributed by atoms with Crippen molar-refractivity contribution in [3.63, 3.8) is 0 Å². The van der Waals surface area contributed by atoms with Crippen LogP contribution in [-0.2, 0) is 0 Å². The maximum atomic E-state index is 5.64. The molecule has 0 atom stereocenters. The molecule has 0 heterocycles. The molecule has 0 aliphatic rings. The summed E-state index contributed by atoms with van der Waals surface area (Å²) < 4.78 is 5.64. The van der Waals surface area contributed by atoms with Crippen LogP contribution >= 0.6 is 24.0 Å². The average Bonchev–Trinajstić information content (AvgIpc) is 2.41. The molecule has 2 N–H and O–H groups in total. The van der Waals surface area contributed by atoms with Crippen molar-refractivity contribution in [1.29, 1.82) is 0 Å². The highest BCUT2D eigenvalue weighted by Gasteiger charge is 1.96. The Kier molecular flexibility index (Phi) is 10.9. The van der Waals surface area contributed by atoms with Gasteiger partial charge in [-0.25, -0.2) is 4.99 Å². The minimum atomic E-state index is 0. The van der Waals surface area contributed by atoms with E-state index in [9.17, 15) is 0 Å². The minimum absolute atomic E-state index is 0. The van der Waals surface area contributed by atoms with E-state index >= 15 is 0 Å². The molecule has 1 aromatic rings. The van der Waals surface area contributed by atoms with Gasteiger partial charge in [0.25, 0.3) is 0 Å². The SMILES string of the molecule is C=CCNC(=NCCOc1cccc(C)c1)NCC.I. The van der Waals surface area contributed by atoms with Crippen molar-refractivity contribution in [3.05, 3.63) is 42.5 Å². The zero-order valence-electron chi connectivity index (χ0n) is 12.2. The summed E-state index contributed by atoms with van der Waals surface area (Å²) in [6, 6.07) is 8.01. The van der Waals surface area contributed by atoms with Gasteiger partial charge in [0.2, 0.25) is 0 Å². The summed E-state index contributed by atoms with van der Waals surface area (Å²) in [5.74, 6) is 1.68. The number of benzene rings is 1. The molecule has 112 valence electrons. The zero-order valence-corrected chi connectivity index (χ0v) is 14.5. The number of halogens is 1. The van der Waals surface area contributed by atoms with Gasteiger partial charge in [-0.2, -0.15) is 0 Å². The summed E-state index contributed by atoms with van der Waals surface area (Å²) in [7, 11) is 0. The highest BCUT2D eigenvalue weighted by atomic mass is 127. The Morgan fingerprint density at radius 3 is 2.85 bits per heavy atom. The largest absolute Gasteiger partial charge is 0.492 e. The molecular formula is C15H24IN3O. The summed E-state index contributed by atoms with van der Waals surface area (Å²) in [6.07, 6.45) is 1.80. The molecule has 1 aromatic carbocycles. The smallest absolute Gasteiger partial charge is 0.191 e. The molecule has 5 heteroatoms. The number of ether oxygens (including phenoxy) is 1. The molecule has 0 fully saturated rings. The van der Waals surface area contributed by atoms with E-state index in [-0.39, 0.29) is 24.0 Å². The van der Waals surface area contributed by atoms with E-state index in [1.54, 1.807) is 6.08 Å². The van der Waals surface area contributed by atoms with Gasteiger partial charge in [-0.05, 0) is 31.5 Å². The summed E-state index contributed by atoms with van der Waals surface area (Å²) >= 11 is 0. The fraction of sp³-hybridized carbons (Fsp3) is 0.400. The van der Waals surface area contributed by atoms with Gasteiger partial charge in [-0.15, -0.1) is 30.6 Å². The number of aliphatic imine (C=N–C) groups is 1. The number of rotatable bonds is 7. The van der Waals surface area contributed by atoms with E-state index in [0.29, 0.717) is 19.7 Å². The standard InChI is InChI=1S/C15H23N3O.HI/c1-4-9-17-15(16-5-2)18-10-11-19-14-8-6-7-13(3)12-14;/h4,6-8,12H,1,5,9-11H2,2-3H3,(H2,16,17,18);1H. The Morgan fingerprint density at radius 2 is 2.20 bits per heavy atom. The van der Waals surface area contributed by atoms with Crippen molar-refractivity contribution < 1.29 is 4.74 Å². The predicted molar refractivity (Wildman–Crippen MR) is 96.3 cm³/mol. The third kappa shape index (κ3) is 8.04. The molecular weight excluding hydrogens is 365 g/mol. The van der Waals surface area contributed by atoms with E-state index in [4.69, 9.17) is 4.74 Å². The lowest BCUT2D eigenvalue weighted by Crippen LogP contribution is -2.37. The third-order valence-corrected chi connectivity index (χ3v) is 2.38. The summed E-state index contributed by atoms with van der Waals surface area (Å²) in [4.78, 5) is 4.41. The van der Waals surface area contributed by atoms with Crippen LogP contribution in [0.1, 0.15) is 12.5 Å². The normalized spacial score (nSPS) is 10.4. The molecule has 0 amide bonds. The Morgan fingerprint density at radius 1 is 1.40 bits per heavy atom. The van der Waals surface area contributed by atoms with Crippen molar-refractivity contribution >= 4 is 29.9 Å². The van der Waals surface area contributed by atoms with E-state index < -0.39 is 0 Å². The van der Waals surface area contributed by atoms with Gasteiger partial charge in [0.05, 0.1) is 6.54 Å². The second kappa shape index (κ2) is 11.6. The van der Waals surface area contributed by atoms with Gasteiger partial charge >= 0.3 is 0 Å². The first-order valence-corrected chi connectivity index (χ1v) is 6.58. The lowest BCUT2D eigenvalue weighted by Gasteiger charge is -2.10. The Balaban J connectivity index is 0.00000361.